The number of benzene rings is 1. The third-order valence-electron chi connectivity index (χ3n) is 6.76. The molecule has 1 aromatic carbocycles. The molecule has 1 amide bonds. The Bertz CT molecular complexity index is 1620. The molecule has 3 aromatic rings. The largest absolute Gasteiger partial charge is 0.425 e. The van der Waals surface area contributed by atoms with Gasteiger partial charge in [-0.05, 0) is 38.0 Å². The van der Waals surface area contributed by atoms with Crippen molar-refractivity contribution in [3.63, 3.8) is 0 Å². The number of anilines is 1. The van der Waals surface area contributed by atoms with Crippen LogP contribution in [0.25, 0.3) is 5.69 Å². The van der Waals surface area contributed by atoms with Gasteiger partial charge in [0.2, 0.25) is 0 Å². The Hall–Kier alpha value is -3.83. The van der Waals surface area contributed by atoms with Crippen molar-refractivity contribution in [3.05, 3.63) is 65.1 Å². The number of aryl methyl sites for hydroxylation is 1. The molecule has 1 aliphatic carbocycles. The van der Waals surface area contributed by atoms with E-state index in [1.54, 1.807) is 19.1 Å². The zero-order valence-corrected chi connectivity index (χ0v) is 22.5. The fourth-order valence-corrected chi connectivity index (χ4v) is 6.67. The van der Waals surface area contributed by atoms with Crippen LogP contribution >= 0.6 is 11.6 Å². The van der Waals surface area contributed by atoms with E-state index >= 15 is 0 Å². The maximum absolute atomic E-state index is 13.7. The van der Waals surface area contributed by atoms with Gasteiger partial charge < -0.3 is 15.0 Å². The second-order valence-electron chi connectivity index (χ2n) is 9.62. The summed E-state index contributed by atoms with van der Waals surface area (Å²) in [4.78, 5) is 17.3. The molecular weight excluding hydrogens is 573 g/mol. The first-order valence-corrected chi connectivity index (χ1v) is 14.0. The Kier molecular flexibility index (Phi) is 6.91. The molecule has 0 bridgehead atoms. The number of ether oxygens (including phenoxy) is 1. The SMILES string of the molecule is Cc1cc(N2C[C@H](S(=O)(=O)c3ccccc3C(F)(F)F)C[C@@H]2OC(=O)NC2(C#N)CC2)n(-c2ccnc(Cl)c2)n1. The number of nitriles is 1. The molecule has 10 nitrogen and oxygen atoms in total. The van der Waals surface area contributed by atoms with Gasteiger partial charge in [0, 0.05) is 31.3 Å². The van der Waals surface area contributed by atoms with Crippen LogP contribution in [0.4, 0.5) is 23.8 Å². The zero-order valence-electron chi connectivity index (χ0n) is 20.9. The predicted molar refractivity (Wildman–Crippen MR) is 136 cm³/mol. The molecular formula is C25H22ClF3N6O4S. The number of nitrogens with zero attached hydrogens (tertiary/aromatic N) is 5. The van der Waals surface area contributed by atoms with E-state index in [2.05, 4.69) is 15.4 Å². The van der Waals surface area contributed by atoms with E-state index in [0.717, 1.165) is 12.1 Å². The monoisotopic (exact) mass is 594 g/mol. The van der Waals surface area contributed by atoms with Crippen molar-refractivity contribution in [1.29, 1.82) is 5.26 Å². The molecule has 2 fully saturated rings. The van der Waals surface area contributed by atoms with Gasteiger partial charge in [0.25, 0.3) is 0 Å². The van der Waals surface area contributed by atoms with Crippen LogP contribution in [-0.2, 0) is 20.8 Å². The number of alkyl halides is 3. The van der Waals surface area contributed by atoms with Crippen LogP contribution in [0.1, 0.15) is 30.5 Å². The molecule has 2 atom stereocenters. The molecule has 2 aliphatic rings. The van der Waals surface area contributed by atoms with E-state index in [1.165, 1.54) is 27.9 Å². The lowest BCUT2D eigenvalue weighted by molar-refractivity contribution is -0.139. The Morgan fingerprint density at radius 3 is 2.62 bits per heavy atom. The molecule has 5 rings (SSSR count). The topological polar surface area (TPSA) is 130 Å². The van der Waals surface area contributed by atoms with E-state index < -0.39 is 49.6 Å². The lowest BCUT2D eigenvalue weighted by Crippen LogP contribution is -2.42. The number of pyridine rings is 1. The highest BCUT2D eigenvalue weighted by Gasteiger charge is 2.49. The number of carbonyl (C=O) groups is 1. The van der Waals surface area contributed by atoms with Crippen LogP contribution in [0.2, 0.25) is 5.15 Å². The van der Waals surface area contributed by atoms with E-state index in [9.17, 15) is 31.6 Å². The van der Waals surface area contributed by atoms with Crippen LogP contribution in [-0.4, -0.2) is 52.8 Å². The molecule has 1 saturated carbocycles. The van der Waals surface area contributed by atoms with E-state index in [1.807, 2.05) is 6.07 Å². The van der Waals surface area contributed by atoms with Crippen molar-refractivity contribution in [3.8, 4) is 11.8 Å². The molecule has 1 aliphatic heterocycles. The number of rotatable bonds is 6. The van der Waals surface area contributed by atoms with Gasteiger partial charge in [0.1, 0.15) is 16.5 Å². The summed E-state index contributed by atoms with van der Waals surface area (Å²) in [5, 5.41) is 15.1. The summed E-state index contributed by atoms with van der Waals surface area (Å²) in [6.07, 6.45) is -5.06. The number of carbonyl (C=O) groups excluding carboxylic acids is 1. The highest BCUT2D eigenvalue weighted by atomic mass is 35.5. The Balaban J connectivity index is 1.54. The standard InChI is InChI=1S/C25H22ClF3N6O4S/c1-15-10-21(35(33-15)16-6-9-31-20(26)11-16)34-13-17(12-22(34)39-23(36)32-24(14-30)7-8-24)40(37,38)19-5-3-2-4-18(19)25(27,28)29/h2-6,9-11,17,22H,7-8,12-13H2,1H3,(H,32,36)/t17-,22+/m1/s1. The number of alkyl carbamates (subject to hydrolysis) is 1. The van der Waals surface area contributed by atoms with Gasteiger partial charge in [-0.15, -0.1) is 0 Å². The van der Waals surface area contributed by atoms with Crippen LogP contribution in [0.5, 0.6) is 0 Å². The van der Waals surface area contributed by atoms with Crippen molar-refractivity contribution in [2.45, 2.75) is 54.3 Å². The number of hydrogen-bond donors (Lipinski definition) is 1. The minimum absolute atomic E-state index is 0.167. The number of amides is 1. The molecule has 0 unspecified atom stereocenters. The predicted octanol–water partition coefficient (Wildman–Crippen LogP) is 4.41. The lowest BCUT2D eigenvalue weighted by Gasteiger charge is -2.27. The first-order valence-electron chi connectivity index (χ1n) is 12.1. The first kappa shape index (κ1) is 27.7. The smallest absolute Gasteiger partial charge is 0.417 e. The van der Waals surface area contributed by atoms with Gasteiger partial charge in [-0.25, -0.2) is 22.9 Å². The van der Waals surface area contributed by atoms with Crippen LogP contribution in [0.3, 0.4) is 0 Å². The number of aromatic nitrogens is 3. The Morgan fingerprint density at radius 2 is 1.98 bits per heavy atom. The van der Waals surface area contributed by atoms with Crippen LogP contribution in [0.15, 0.2) is 53.6 Å². The van der Waals surface area contributed by atoms with Gasteiger partial charge in [-0.3, -0.25) is 0 Å². The molecule has 1 N–H and O–H groups in total. The van der Waals surface area contributed by atoms with E-state index in [-0.39, 0.29) is 18.1 Å². The fourth-order valence-electron chi connectivity index (χ4n) is 4.61. The molecule has 40 heavy (non-hydrogen) atoms. The number of sulfone groups is 1. The van der Waals surface area contributed by atoms with Crippen LogP contribution < -0.4 is 10.2 Å². The number of halogens is 4. The minimum atomic E-state index is -4.90. The molecule has 3 heterocycles. The van der Waals surface area contributed by atoms with Crippen molar-refractivity contribution in [2.75, 3.05) is 11.4 Å². The lowest BCUT2D eigenvalue weighted by atomic mass is 10.2. The van der Waals surface area contributed by atoms with Crippen molar-refractivity contribution in [1.82, 2.24) is 20.1 Å². The summed E-state index contributed by atoms with van der Waals surface area (Å²) in [5.74, 6) is 0.320. The maximum atomic E-state index is 13.7. The highest BCUT2D eigenvalue weighted by Crippen LogP contribution is 2.40. The molecule has 210 valence electrons. The van der Waals surface area contributed by atoms with Crippen molar-refractivity contribution in [2.24, 2.45) is 0 Å². The molecule has 0 spiro atoms. The molecule has 15 heteroatoms. The third kappa shape index (κ3) is 5.31. The molecule has 0 radical (unpaired) electrons. The summed E-state index contributed by atoms with van der Waals surface area (Å²) in [7, 11) is -4.55. The fraction of sp³-hybridized carbons (Fsp3) is 0.360. The van der Waals surface area contributed by atoms with Gasteiger partial charge in [-0.2, -0.15) is 23.5 Å². The minimum Gasteiger partial charge on any atom is -0.425 e. The highest BCUT2D eigenvalue weighted by molar-refractivity contribution is 7.92. The summed E-state index contributed by atoms with van der Waals surface area (Å²) < 4.78 is 75.5. The van der Waals surface area contributed by atoms with Gasteiger partial charge >= 0.3 is 12.3 Å². The van der Waals surface area contributed by atoms with Crippen molar-refractivity contribution < 1.29 is 31.1 Å². The zero-order chi connectivity index (χ0) is 28.9. The summed E-state index contributed by atoms with van der Waals surface area (Å²) in [5.41, 5.74) is -1.33. The average molecular weight is 595 g/mol. The number of hydrogen-bond acceptors (Lipinski definition) is 8. The first-order chi connectivity index (χ1) is 18.8. The normalized spacial score (nSPS) is 20.1. The second kappa shape index (κ2) is 9.97. The van der Waals surface area contributed by atoms with Gasteiger partial charge in [-0.1, -0.05) is 23.7 Å². The Labute approximate surface area is 232 Å². The molecule has 1 saturated heterocycles. The quantitative estimate of drug-likeness (QED) is 0.415. The summed E-state index contributed by atoms with van der Waals surface area (Å²) in [6, 6.07) is 10.7. The van der Waals surface area contributed by atoms with Crippen molar-refractivity contribution >= 4 is 33.3 Å². The molecule has 2 aromatic heterocycles. The average Bonchev–Trinajstić information content (AvgIpc) is 3.36. The summed E-state index contributed by atoms with van der Waals surface area (Å²) in [6.45, 7) is 1.39. The number of nitrogens with one attached hydrogen (secondary N) is 1. The maximum Gasteiger partial charge on any atom is 0.417 e. The van der Waals surface area contributed by atoms with E-state index in [4.69, 9.17) is 16.3 Å². The summed E-state index contributed by atoms with van der Waals surface area (Å²) >= 11 is 6.05. The third-order valence-corrected chi connectivity index (χ3v) is 9.16. The van der Waals surface area contributed by atoms with Crippen LogP contribution in [0, 0.1) is 18.3 Å². The van der Waals surface area contributed by atoms with Gasteiger partial charge in [0.05, 0.1) is 33.2 Å². The van der Waals surface area contributed by atoms with Gasteiger partial charge in [0.15, 0.2) is 16.1 Å². The second-order valence-corrected chi connectivity index (χ2v) is 12.2. The Morgan fingerprint density at radius 1 is 1.25 bits per heavy atom. The van der Waals surface area contributed by atoms with E-state index in [0.29, 0.717) is 36.1 Å².